The van der Waals surface area contributed by atoms with Crippen LogP contribution < -0.4 is 0 Å². The number of ether oxygens (including phenoxy) is 1. The predicted molar refractivity (Wildman–Crippen MR) is 48.5 cm³/mol. The number of hydrogen-bond acceptors (Lipinski definition) is 2. The molecule has 0 heterocycles. The van der Waals surface area contributed by atoms with E-state index >= 15 is 0 Å². The first kappa shape index (κ1) is 10.0. The van der Waals surface area contributed by atoms with Crippen LogP contribution in [-0.4, -0.2) is 35.6 Å². The van der Waals surface area contributed by atoms with Crippen molar-refractivity contribution < 1.29 is 9.53 Å². The van der Waals surface area contributed by atoms with Crippen LogP contribution in [0, 0.1) is 0 Å². The summed E-state index contributed by atoms with van der Waals surface area (Å²) in [6.45, 7) is 3.00. The lowest BCUT2D eigenvalue weighted by atomic mass is 10.7. The minimum atomic E-state index is -0.237. The molecule has 0 aliphatic carbocycles. The monoisotopic (exact) mass is 257 g/mol. The molecule has 10 heavy (non-hydrogen) atoms. The molecule has 0 aromatic rings. The van der Waals surface area contributed by atoms with Crippen LogP contribution in [-0.2, 0) is 4.74 Å². The average molecular weight is 257 g/mol. The Hall–Kier alpha value is 0. The summed E-state index contributed by atoms with van der Waals surface area (Å²) in [5.74, 6) is 0. The van der Waals surface area contributed by atoms with E-state index in [1.165, 1.54) is 0 Å². The van der Waals surface area contributed by atoms with E-state index in [1.54, 1.807) is 18.9 Å². The lowest BCUT2D eigenvalue weighted by molar-refractivity contribution is 0.118. The fourth-order valence-corrected chi connectivity index (χ4v) is 1.18. The van der Waals surface area contributed by atoms with Crippen molar-refractivity contribution in [3.8, 4) is 0 Å². The maximum absolute atomic E-state index is 10.8. The summed E-state index contributed by atoms with van der Waals surface area (Å²) >= 11 is 2.21. The Bertz CT molecular complexity index is 108. The predicted octanol–water partition coefficient (Wildman–Crippen LogP) is 1.51. The van der Waals surface area contributed by atoms with Crippen molar-refractivity contribution in [3.63, 3.8) is 0 Å². The molecule has 0 N–H and O–H groups in total. The van der Waals surface area contributed by atoms with Gasteiger partial charge < -0.3 is 9.64 Å². The Labute approximate surface area is 74.9 Å². The van der Waals surface area contributed by atoms with Gasteiger partial charge in [-0.3, -0.25) is 0 Å². The van der Waals surface area contributed by atoms with Gasteiger partial charge in [0.25, 0.3) is 0 Å². The zero-order valence-electron chi connectivity index (χ0n) is 6.26. The average Bonchev–Trinajstić information content (AvgIpc) is 1.89. The van der Waals surface area contributed by atoms with Crippen LogP contribution in [0.3, 0.4) is 0 Å². The van der Waals surface area contributed by atoms with E-state index in [2.05, 4.69) is 22.6 Å². The number of nitrogens with zero attached hydrogens (tertiary/aromatic N) is 1. The minimum absolute atomic E-state index is 0.237. The summed E-state index contributed by atoms with van der Waals surface area (Å²) < 4.78 is 5.68. The van der Waals surface area contributed by atoms with Crippen molar-refractivity contribution in [2.24, 2.45) is 0 Å². The second-order valence-electron chi connectivity index (χ2n) is 1.81. The molecule has 0 aliphatic rings. The standard InChI is InChI=1S/C6H12INO2/c1-3-10-6(9)8(2)5-4-7/h3-5H2,1-2H3. The van der Waals surface area contributed by atoms with Crippen LogP contribution in [0.15, 0.2) is 0 Å². The van der Waals surface area contributed by atoms with E-state index in [1.807, 2.05) is 0 Å². The molecule has 0 aliphatic heterocycles. The smallest absolute Gasteiger partial charge is 0.409 e. The summed E-state index contributed by atoms with van der Waals surface area (Å²) in [4.78, 5) is 12.4. The van der Waals surface area contributed by atoms with E-state index < -0.39 is 0 Å². The summed E-state index contributed by atoms with van der Waals surface area (Å²) in [6.07, 6.45) is -0.237. The van der Waals surface area contributed by atoms with Gasteiger partial charge in [0, 0.05) is 18.0 Å². The maximum atomic E-state index is 10.8. The zero-order valence-corrected chi connectivity index (χ0v) is 8.42. The molecule has 1 amide bonds. The molecule has 0 saturated carbocycles. The Morgan fingerprint density at radius 2 is 2.30 bits per heavy atom. The molecule has 3 nitrogen and oxygen atoms in total. The van der Waals surface area contributed by atoms with Crippen LogP contribution in [0.1, 0.15) is 6.92 Å². The highest BCUT2D eigenvalue weighted by Gasteiger charge is 2.06. The molecular weight excluding hydrogens is 245 g/mol. The van der Waals surface area contributed by atoms with Crippen molar-refractivity contribution in [2.75, 3.05) is 24.6 Å². The van der Waals surface area contributed by atoms with Gasteiger partial charge in [-0.2, -0.15) is 0 Å². The molecule has 60 valence electrons. The maximum Gasteiger partial charge on any atom is 0.409 e. The van der Waals surface area contributed by atoms with Crippen molar-refractivity contribution in [1.29, 1.82) is 0 Å². The molecule has 0 unspecified atom stereocenters. The number of carbonyl (C=O) groups is 1. The highest BCUT2D eigenvalue weighted by atomic mass is 127. The summed E-state index contributed by atoms with van der Waals surface area (Å²) in [6, 6.07) is 0. The second-order valence-corrected chi connectivity index (χ2v) is 2.89. The first-order valence-corrected chi connectivity index (χ1v) is 4.68. The number of carbonyl (C=O) groups excluding carboxylic acids is 1. The molecule has 0 saturated heterocycles. The van der Waals surface area contributed by atoms with Gasteiger partial charge in [-0.1, -0.05) is 22.6 Å². The van der Waals surface area contributed by atoms with Crippen LogP contribution in [0.5, 0.6) is 0 Å². The SMILES string of the molecule is CCOC(=O)N(C)CCI. The van der Waals surface area contributed by atoms with Crippen LogP contribution in [0.4, 0.5) is 4.79 Å². The van der Waals surface area contributed by atoms with Crippen molar-refractivity contribution in [3.05, 3.63) is 0 Å². The fourth-order valence-electron chi connectivity index (χ4n) is 0.452. The third kappa shape index (κ3) is 3.92. The third-order valence-electron chi connectivity index (χ3n) is 0.999. The van der Waals surface area contributed by atoms with Gasteiger partial charge in [-0.15, -0.1) is 0 Å². The summed E-state index contributed by atoms with van der Waals surface area (Å²) in [5.41, 5.74) is 0. The molecule has 0 rings (SSSR count). The normalized spacial score (nSPS) is 9.10. The van der Waals surface area contributed by atoms with E-state index in [-0.39, 0.29) is 6.09 Å². The molecule has 0 radical (unpaired) electrons. The van der Waals surface area contributed by atoms with Crippen molar-refractivity contribution in [1.82, 2.24) is 4.90 Å². The van der Waals surface area contributed by atoms with Crippen LogP contribution in [0.25, 0.3) is 0 Å². The molecule has 0 bridgehead atoms. The summed E-state index contributed by atoms with van der Waals surface area (Å²) in [5, 5.41) is 0. The number of alkyl halides is 1. The fraction of sp³-hybridized carbons (Fsp3) is 0.833. The Balaban J connectivity index is 3.49. The Morgan fingerprint density at radius 3 is 2.70 bits per heavy atom. The van der Waals surface area contributed by atoms with E-state index in [0.717, 1.165) is 11.0 Å². The highest BCUT2D eigenvalue weighted by molar-refractivity contribution is 14.1. The Morgan fingerprint density at radius 1 is 1.70 bits per heavy atom. The summed E-state index contributed by atoms with van der Waals surface area (Å²) in [7, 11) is 1.73. The van der Waals surface area contributed by atoms with E-state index in [4.69, 9.17) is 4.74 Å². The topological polar surface area (TPSA) is 29.5 Å². The zero-order chi connectivity index (χ0) is 7.98. The van der Waals surface area contributed by atoms with Gasteiger partial charge in [0.1, 0.15) is 0 Å². The van der Waals surface area contributed by atoms with Crippen LogP contribution in [0.2, 0.25) is 0 Å². The molecule has 0 aromatic heterocycles. The molecule has 0 atom stereocenters. The van der Waals surface area contributed by atoms with Gasteiger partial charge >= 0.3 is 6.09 Å². The van der Waals surface area contributed by atoms with Gasteiger partial charge in [0.15, 0.2) is 0 Å². The lowest BCUT2D eigenvalue weighted by Crippen LogP contribution is -2.28. The van der Waals surface area contributed by atoms with Crippen molar-refractivity contribution >= 4 is 28.7 Å². The van der Waals surface area contributed by atoms with Gasteiger partial charge in [-0.05, 0) is 6.92 Å². The van der Waals surface area contributed by atoms with Crippen LogP contribution >= 0.6 is 22.6 Å². The molecule has 0 aromatic carbocycles. The number of halogens is 1. The lowest BCUT2D eigenvalue weighted by Gasteiger charge is -2.13. The van der Waals surface area contributed by atoms with Gasteiger partial charge in [0.2, 0.25) is 0 Å². The van der Waals surface area contributed by atoms with E-state index in [0.29, 0.717) is 6.61 Å². The largest absolute Gasteiger partial charge is 0.450 e. The van der Waals surface area contributed by atoms with Gasteiger partial charge in [-0.25, -0.2) is 4.79 Å². The highest BCUT2D eigenvalue weighted by Crippen LogP contribution is 1.91. The van der Waals surface area contributed by atoms with Gasteiger partial charge in [0.05, 0.1) is 6.61 Å². The molecule has 0 fully saturated rings. The number of amides is 1. The third-order valence-corrected chi connectivity index (χ3v) is 1.48. The first-order valence-electron chi connectivity index (χ1n) is 3.16. The quantitative estimate of drug-likeness (QED) is 0.566. The minimum Gasteiger partial charge on any atom is -0.450 e. The first-order chi connectivity index (χ1) is 4.72. The van der Waals surface area contributed by atoms with E-state index in [9.17, 15) is 4.79 Å². The molecular formula is C6H12INO2. The Kier molecular flexibility index (Phi) is 5.76. The number of hydrogen-bond donors (Lipinski definition) is 0. The second kappa shape index (κ2) is 5.76. The molecule has 4 heteroatoms. The molecule has 0 spiro atoms. The van der Waals surface area contributed by atoms with Crippen molar-refractivity contribution in [2.45, 2.75) is 6.92 Å². The number of rotatable bonds is 3.